The highest BCUT2D eigenvalue weighted by Gasteiger charge is 2.27. The first-order valence-corrected chi connectivity index (χ1v) is 8.20. The minimum atomic E-state index is -3.66. The fourth-order valence-corrected chi connectivity index (χ4v) is 3.52. The monoisotopic (exact) mass is 321 g/mol. The van der Waals surface area contributed by atoms with Crippen LogP contribution in [-0.2, 0) is 14.8 Å². The molecule has 1 heterocycles. The second-order valence-electron chi connectivity index (χ2n) is 4.14. The molecule has 10 heteroatoms. The highest BCUT2D eigenvalue weighted by atomic mass is 32.2. The van der Waals surface area contributed by atoms with Crippen LogP contribution in [-0.4, -0.2) is 50.2 Å². The highest BCUT2D eigenvalue weighted by molar-refractivity contribution is 7.89. The quantitative estimate of drug-likeness (QED) is 0.646. The Kier molecular flexibility index (Phi) is 5.72. The fourth-order valence-electron chi connectivity index (χ4n) is 1.41. The van der Waals surface area contributed by atoms with Crippen molar-refractivity contribution >= 4 is 38.3 Å². The summed E-state index contributed by atoms with van der Waals surface area (Å²) in [6.45, 7) is 2.70. The van der Waals surface area contributed by atoms with Gasteiger partial charge in [-0.05, 0) is 18.5 Å². The number of nitrogens with one attached hydrogen (secondary N) is 2. The maximum absolute atomic E-state index is 12.1. The second-order valence-corrected chi connectivity index (χ2v) is 7.01. The van der Waals surface area contributed by atoms with Crippen LogP contribution in [0.15, 0.2) is 4.90 Å². The summed E-state index contributed by atoms with van der Waals surface area (Å²) < 4.78 is 29.2. The van der Waals surface area contributed by atoms with Crippen LogP contribution in [0, 0.1) is 0 Å². The largest absolute Gasteiger partial charge is 0.382 e. The lowest BCUT2D eigenvalue weighted by Crippen LogP contribution is -2.26. The maximum Gasteiger partial charge on any atom is 0.249 e. The van der Waals surface area contributed by atoms with Crippen molar-refractivity contribution in [1.82, 2.24) is 14.0 Å². The molecule has 0 saturated heterocycles. The zero-order valence-corrected chi connectivity index (χ0v) is 13.3. The van der Waals surface area contributed by atoms with Crippen molar-refractivity contribution in [3.63, 3.8) is 0 Å². The smallest absolute Gasteiger partial charge is 0.249 e. The Hall–Kier alpha value is -1.39. The molecule has 0 bridgehead atoms. The van der Waals surface area contributed by atoms with Crippen molar-refractivity contribution in [3.8, 4) is 0 Å². The van der Waals surface area contributed by atoms with Crippen LogP contribution in [0.4, 0.5) is 10.8 Å². The fraction of sp³-hybridized carbons (Fsp3) is 0.600. The van der Waals surface area contributed by atoms with Gasteiger partial charge in [0.25, 0.3) is 0 Å². The molecule has 0 unspecified atom stereocenters. The lowest BCUT2D eigenvalue weighted by Gasteiger charge is -2.12. The van der Waals surface area contributed by atoms with E-state index in [0.29, 0.717) is 18.1 Å². The number of anilines is 2. The number of rotatable bonds is 7. The molecule has 4 N–H and O–H groups in total. The summed E-state index contributed by atoms with van der Waals surface area (Å²) in [7, 11) is -0.819. The first kappa shape index (κ1) is 16.7. The zero-order valence-electron chi connectivity index (χ0n) is 11.6. The van der Waals surface area contributed by atoms with E-state index in [9.17, 15) is 13.2 Å². The molecular weight excluding hydrogens is 302 g/mol. The summed E-state index contributed by atoms with van der Waals surface area (Å²) in [5, 5.41) is 5.90. The van der Waals surface area contributed by atoms with Gasteiger partial charge in [-0.3, -0.25) is 4.79 Å². The van der Waals surface area contributed by atoms with Gasteiger partial charge in [0.05, 0.1) is 0 Å². The van der Waals surface area contributed by atoms with Crippen LogP contribution in [0.3, 0.4) is 0 Å². The highest BCUT2D eigenvalue weighted by Crippen LogP contribution is 2.32. The van der Waals surface area contributed by atoms with Crippen LogP contribution in [0.2, 0.25) is 0 Å². The lowest BCUT2D eigenvalue weighted by atomic mass is 10.4. The SMILES string of the molecule is CCNC(=O)CCNc1snc(N)c1S(=O)(=O)N(C)C. The van der Waals surface area contributed by atoms with Crippen molar-refractivity contribution in [2.24, 2.45) is 0 Å². The molecule has 20 heavy (non-hydrogen) atoms. The number of nitrogens with zero attached hydrogens (tertiary/aromatic N) is 2. The van der Waals surface area contributed by atoms with E-state index in [1.807, 2.05) is 6.92 Å². The average molecular weight is 321 g/mol. The maximum atomic E-state index is 12.1. The molecule has 1 amide bonds. The molecule has 0 radical (unpaired) electrons. The third-order valence-corrected chi connectivity index (χ3v) is 5.26. The summed E-state index contributed by atoms with van der Waals surface area (Å²) in [6, 6.07) is 0. The molecule has 1 aromatic rings. The van der Waals surface area contributed by atoms with Gasteiger partial charge in [0.1, 0.15) is 5.00 Å². The van der Waals surface area contributed by atoms with Gasteiger partial charge in [-0.25, -0.2) is 12.7 Å². The van der Waals surface area contributed by atoms with Crippen molar-refractivity contribution in [2.45, 2.75) is 18.2 Å². The molecule has 0 aromatic carbocycles. The normalized spacial score (nSPS) is 11.6. The molecule has 0 spiro atoms. The zero-order chi connectivity index (χ0) is 15.3. The van der Waals surface area contributed by atoms with Crippen molar-refractivity contribution in [3.05, 3.63) is 0 Å². The number of hydrogen-bond donors (Lipinski definition) is 3. The summed E-state index contributed by atoms with van der Waals surface area (Å²) in [6.07, 6.45) is 0.243. The molecule has 0 aliphatic rings. The van der Waals surface area contributed by atoms with Crippen molar-refractivity contribution in [1.29, 1.82) is 0 Å². The molecule has 0 atom stereocenters. The first-order chi connectivity index (χ1) is 9.30. The third kappa shape index (κ3) is 3.81. The summed E-state index contributed by atoms with van der Waals surface area (Å²) in [5.41, 5.74) is 5.62. The number of hydrogen-bond acceptors (Lipinski definition) is 7. The van der Waals surface area contributed by atoms with Crippen LogP contribution >= 0.6 is 11.5 Å². The molecule has 1 aromatic heterocycles. The molecule has 0 saturated carbocycles. The molecular formula is C10H19N5O3S2. The van der Waals surface area contributed by atoms with E-state index in [0.717, 1.165) is 15.8 Å². The number of carbonyl (C=O) groups is 1. The Labute approximate surface area is 122 Å². The van der Waals surface area contributed by atoms with Gasteiger partial charge < -0.3 is 16.4 Å². The molecule has 0 fully saturated rings. The van der Waals surface area contributed by atoms with Gasteiger partial charge in [-0.2, -0.15) is 4.37 Å². The van der Waals surface area contributed by atoms with Gasteiger partial charge in [-0.15, -0.1) is 0 Å². The van der Waals surface area contributed by atoms with E-state index in [4.69, 9.17) is 5.73 Å². The summed E-state index contributed by atoms with van der Waals surface area (Å²) in [4.78, 5) is 11.3. The Balaban J connectivity index is 2.81. The van der Waals surface area contributed by atoms with Crippen molar-refractivity contribution < 1.29 is 13.2 Å². The van der Waals surface area contributed by atoms with Crippen LogP contribution in [0.5, 0.6) is 0 Å². The number of nitrogen functional groups attached to an aromatic ring is 1. The molecule has 114 valence electrons. The van der Waals surface area contributed by atoms with E-state index >= 15 is 0 Å². The molecule has 1 rings (SSSR count). The van der Waals surface area contributed by atoms with E-state index in [-0.39, 0.29) is 23.0 Å². The number of aromatic nitrogens is 1. The van der Waals surface area contributed by atoms with E-state index in [1.165, 1.54) is 14.1 Å². The number of carbonyl (C=O) groups excluding carboxylic acids is 1. The van der Waals surface area contributed by atoms with E-state index < -0.39 is 10.0 Å². The Bertz CT molecular complexity index is 567. The van der Waals surface area contributed by atoms with Gasteiger partial charge in [0, 0.05) is 33.6 Å². The van der Waals surface area contributed by atoms with Gasteiger partial charge in [0.15, 0.2) is 10.7 Å². The second kappa shape index (κ2) is 6.86. The minimum Gasteiger partial charge on any atom is -0.382 e. The predicted molar refractivity (Wildman–Crippen MR) is 79.2 cm³/mol. The lowest BCUT2D eigenvalue weighted by molar-refractivity contribution is -0.120. The Morgan fingerprint density at radius 2 is 2.10 bits per heavy atom. The molecule has 0 aliphatic heterocycles. The van der Waals surface area contributed by atoms with Crippen LogP contribution in [0.1, 0.15) is 13.3 Å². The summed E-state index contributed by atoms with van der Waals surface area (Å²) in [5.74, 6) is -0.140. The van der Waals surface area contributed by atoms with Gasteiger partial charge >= 0.3 is 0 Å². The summed E-state index contributed by atoms with van der Waals surface area (Å²) >= 11 is 0.962. The van der Waals surface area contributed by atoms with Gasteiger partial charge in [0.2, 0.25) is 15.9 Å². The Morgan fingerprint density at radius 1 is 1.45 bits per heavy atom. The standard InChI is InChI=1S/C10H19N5O3S2/c1-4-12-7(16)5-6-13-10-8(9(11)14-19-10)20(17,18)15(2)3/h13H,4-6H2,1-3H3,(H2,11,14)(H,12,16). The van der Waals surface area contributed by atoms with E-state index in [1.54, 1.807) is 0 Å². The number of nitrogens with two attached hydrogens (primary N) is 1. The van der Waals surface area contributed by atoms with Crippen molar-refractivity contribution in [2.75, 3.05) is 38.2 Å². The molecule has 8 nitrogen and oxygen atoms in total. The first-order valence-electron chi connectivity index (χ1n) is 5.99. The Morgan fingerprint density at radius 3 is 2.65 bits per heavy atom. The van der Waals surface area contributed by atoms with Crippen LogP contribution in [0.25, 0.3) is 0 Å². The third-order valence-electron chi connectivity index (χ3n) is 2.42. The van der Waals surface area contributed by atoms with Crippen LogP contribution < -0.4 is 16.4 Å². The van der Waals surface area contributed by atoms with E-state index in [2.05, 4.69) is 15.0 Å². The topological polar surface area (TPSA) is 117 Å². The number of amides is 1. The van der Waals surface area contributed by atoms with Gasteiger partial charge in [-0.1, -0.05) is 0 Å². The predicted octanol–water partition coefficient (Wildman–Crippen LogP) is -0.0863. The molecule has 0 aliphatic carbocycles. The minimum absolute atomic E-state index is 0.0378. The average Bonchev–Trinajstić information content (AvgIpc) is 2.71. The number of sulfonamides is 1.